The fourth-order valence-corrected chi connectivity index (χ4v) is 3.87. The maximum absolute atomic E-state index is 13.4. The van der Waals surface area contributed by atoms with E-state index >= 15 is 0 Å². The highest BCUT2D eigenvalue weighted by Crippen LogP contribution is 2.25. The first-order valence-corrected chi connectivity index (χ1v) is 10.6. The minimum atomic E-state index is 0.0981. The molecule has 0 saturated carbocycles. The lowest BCUT2D eigenvalue weighted by Crippen LogP contribution is -2.37. The maximum Gasteiger partial charge on any atom is 0.187 e. The molecule has 1 aliphatic rings. The van der Waals surface area contributed by atoms with Crippen LogP contribution in [0.5, 0.6) is 11.5 Å². The second-order valence-corrected chi connectivity index (χ2v) is 7.85. The molecule has 32 heavy (non-hydrogen) atoms. The van der Waals surface area contributed by atoms with E-state index in [2.05, 4.69) is 17.0 Å². The Morgan fingerprint density at radius 3 is 1.62 bits per heavy atom. The number of benzene rings is 3. The fraction of sp³-hybridized carbons (Fsp3) is 0.179. The van der Waals surface area contributed by atoms with E-state index in [-0.39, 0.29) is 5.78 Å². The topological polar surface area (TPSA) is 38.8 Å². The third-order valence-electron chi connectivity index (χ3n) is 5.53. The molecule has 1 saturated heterocycles. The van der Waals surface area contributed by atoms with Crippen molar-refractivity contribution in [1.29, 1.82) is 0 Å². The number of hydrogen-bond donors (Lipinski definition) is 0. The lowest BCUT2D eigenvalue weighted by atomic mass is 9.94. The summed E-state index contributed by atoms with van der Waals surface area (Å²) < 4.78 is 10.5. The first kappa shape index (κ1) is 21.6. The number of ketones is 1. The van der Waals surface area contributed by atoms with E-state index in [4.69, 9.17) is 9.47 Å². The largest absolute Gasteiger partial charge is 0.497 e. The molecule has 0 aromatic heterocycles. The standard InChI is InChI=1S/C28H27NO3/c1-31-26-12-8-21(9-13-26)16-24-19-29(18-23-6-4-3-5-7-23)20-25(28(24)30)17-22-10-14-27(32-2)15-11-22/h3-17H,18-20H2,1-2H3. The summed E-state index contributed by atoms with van der Waals surface area (Å²) >= 11 is 0. The van der Waals surface area contributed by atoms with Crippen molar-refractivity contribution in [3.05, 3.63) is 107 Å². The minimum Gasteiger partial charge on any atom is -0.497 e. The molecule has 4 heteroatoms. The number of nitrogens with zero attached hydrogens (tertiary/aromatic N) is 1. The number of likely N-dealkylation sites (tertiary alicyclic amines) is 1. The molecule has 0 unspecified atom stereocenters. The summed E-state index contributed by atoms with van der Waals surface area (Å²) in [7, 11) is 3.30. The molecule has 0 atom stereocenters. The van der Waals surface area contributed by atoms with E-state index in [0.29, 0.717) is 13.1 Å². The molecule has 1 heterocycles. The Morgan fingerprint density at radius 2 is 1.19 bits per heavy atom. The highest BCUT2D eigenvalue weighted by Gasteiger charge is 2.26. The van der Waals surface area contributed by atoms with E-state index < -0.39 is 0 Å². The van der Waals surface area contributed by atoms with Crippen LogP contribution in [-0.4, -0.2) is 38.0 Å². The molecule has 162 valence electrons. The molecule has 0 amide bonds. The van der Waals surface area contributed by atoms with E-state index in [0.717, 1.165) is 40.3 Å². The van der Waals surface area contributed by atoms with Gasteiger partial charge in [0.15, 0.2) is 5.78 Å². The zero-order valence-electron chi connectivity index (χ0n) is 18.5. The molecule has 4 nitrogen and oxygen atoms in total. The quantitative estimate of drug-likeness (QED) is 0.505. The van der Waals surface area contributed by atoms with Crippen molar-refractivity contribution >= 4 is 17.9 Å². The van der Waals surface area contributed by atoms with Gasteiger partial charge in [-0.1, -0.05) is 54.6 Å². The number of piperidine rings is 1. The van der Waals surface area contributed by atoms with Crippen molar-refractivity contribution in [2.75, 3.05) is 27.3 Å². The second-order valence-electron chi connectivity index (χ2n) is 7.85. The lowest BCUT2D eigenvalue weighted by molar-refractivity contribution is -0.113. The Labute approximate surface area is 189 Å². The van der Waals surface area contributed by atoms with Crippen molar-refractivity contribution in [2.45, 2.75) is 6.54 Å². The van der Waals surface area contributed by atoms with E-state index in [1.165, 1.54) is 5.56 Å². The van der Waals surface area contributed by atoms with E-state index in [1.54, 1.807) is 14.2 Å². The van der Waals surface area contributed by atoms with Crippen molar-refractivity contribution in [3.63, 3.8) is 0 Å². The summed E-state index contributed by atoms with van der Waals surface area (Å²) in [6.07, 6.45) is 3.97. The first-order chi connectivity index (χ1) is 15.6. The van der Waals surface area contributed by atoms with Crippen LogP contribution >= 0.6 is 0 Å². The molecule has 0 aliphatic carbocycles. The molecule has 4 rings (SSSR count). The summed E-state index contributed by atoms with van der Waals surface area (Å²) in [5.41, 5.74) is 4.78. The van der Waals surface area contributed by atoms with Crippen LogP contribution in [0.3, 0.4) is 0 Å². The molecule has 1 aliphatic heterocycles. The van der Waals surface area contributed by atoms with Crippen LogP contribution in [-0.2, 0) is 11.3 Å². The zero-order valence-corrected chi connectivity index (χ0v) is 18.5. The smallest absolute Gasteiger partial charge is 0.187 e. The number of carbonyl (C=O) groups excluding carboxylic acids is 1. The Balaban J connectivity index is 1.65. The first-order valence-electron chi connectivity index (χ1n) is 10.6. The van der Waals surface area contributed by atoms with Crippen LogP contribution in [0.2, 0.25) is 0 Å². The maximum atomic E-state index is 13.4. The Hall–Kier alpha value is -3.63. The Bertz CT molecular complexity index is 1040. The molecule has 0 N–H and O–H groups in total. The molecular formula is C28H27NO3. The number of Topliss-reactive ketones (excluding diaryl/α,β-unsaturated/α-hetero) is 1. The van der Waals surface area contributed by atoms with Crippen LogP contribution in [0.15, 0.2) is 90.0 Å². The number of ether oxygens (including phenoxy) is 2. The SMILES string of the molecule is COc1ccc(C=C2CN(Cc3ccccc3)CC(=Cc3ccc(OC)cc3)C2=O)cc1. The van der Waals surface area contributed by atoms with E-state index in [1.807, 2.05) is 78.9 Å². The van der Waals surface area contributed by atoms with Crippen molar-refractivity contribution in [2.24, 2.45) is 0 Å². The van der Waals surface area contributed by atoms with Gasteiger partial charge < -0.3 is 9.47 Å². The highest BCUT2D eigenvalue weighted by molar-refractivity contribution is 6.14. The van der Waals surface area contributed by atoms with Crippen molar-refractivity contribution in [3.8, 4) is 11.5 Å². The monoisotopic (exact) mass is 425 g/mol. The van der Waals surface area contributed by atoms with Gasteiger partial charge in [-0.15, -0.1) is 0 Å². The number of rotatable bonds is 6. The van der Waals surface area contributed by atoms with Crippen LogP contribution in [0.25, 0.3) is 12.2 Å². The van der Waals surface area contributed by atoms with Crippen LogP contribution in [0, 0.1) is 0 Å². The van der Waals surface area contributed by atoms with Crippen molar-refractivity contribution < 1.29 is 14.3 Å². The van der Waals surface area contributed by atoms with E-state index in [9.17, 15) is 4.79 Å². The normalized spacial score (nSPS) is 17.0. The van der Waals surface area contributed by atoms with Gasteiger partial charge in [0.25, 0.3) is 0 Å². The fourth-order valence-electron chi connectivity index (χ4n) is 3.87. The van der Waals surface area contributed by atoms with Gasteiger partial charge in [0.2, 0.25) is 0 Å². The molecule has 1 fully saturated rings. The summed E-state index contributed by atoms with van der Waals surface area (Å²) in [6.45, 7) is 2.01. The Morgan fingerprint density at radius 1 is 0.719 bits per heavy atom. The third-order valence-corrected chi connectivity index (χ3v) is 5.53. The zero-order chi connectivity index (χ0) is 22.3. The number of hydrogen-bond acceptors (Lipinski definition) is 4. The summed E-state index contributed by atoms with van der Waals surface area (Å²) in [5, 5.41) is 0. The average Bonchev–Trinajstić information content (AvgIpc) is 2.83. The van der Waals surface area contributed by atoms with Gasteiger partial charge in [0, 0.05) is 30.8 Å². The third kappa shape index (κ3) is 5.34. The van der Waals surface area contributed by atoms with Crippen molar-refractivity contribution in [1.82, 2.24) is 4.90 Å². The minimum absolute atomic E-state index is 0.0981. The van der Waals surface area contributed by atoms with Gasteiger partial charge in [-0.25, -0.2) is 0 Å². The molecular weight excluding hydrogens is 398 g/mol. The van der Waals surface area contributed by atoms with Gasteiger partial charge in [-0.2, -0.15) is 0 Å². The summed E-state index contributed by atoms with van der Waals surface area (Å²) in [6, 6.07) is 25.9. The molecule has 0 radical (unpaired) electrons. The van der Waals surface area contributed by atoms with Gasteiger partial charge in [0.05, 0.1) is 14.2 Å². The van der Waals surface area contributed by atoms with Gasteiger partial charge in [-0.05, 0) is 53.1 Å². The summed E-state index contributed by atoms with van der Waals surface area (Å²) in [5.74, 6) is 1.70. The summed E-state index contributed by atoms with van der Waals surface area (Å²) in [4.78, 5) is 15.7. The van der Waals surface area contributed by atoms with Crippen LogP contribution < -0.4 is 9.47 Å². The average molecular weight is 426 g/mol. The molecule has 0 bridgehead atoms. The predicted octanol–water partition coefficient (Wildman–Crippen LogP) is 5.26. The number of methoxy groups -OCH3 is 2. The van der Waals surface area contributed by atoms with Gasteiger partial charge in [0.1, 0.15) is 11.5 Å². The van der Waals surface area contributed by atoms with Gasteiger partial charge >= 0.3 is 0 Å². The van der Waals surface area contributed by atoms with Crippen LogP contribution in [0.1, 0.15) is 16.7 Å². The van der Waals surface area contributed by atoms with Gasteiger partial charge in [-0.3, -0.25) is 9.69 Å². The molecule has 3 aromatic rings. The predicted molar refractivity (Wildman–Crippen MR) is 129 cm³/mol. The second kappa shape index (κ2) is 10.1. The molecule has 0 spiro atoms. The van der Waals surface area contributed by atoms with Crippen LogP contribution in [0.4, 0.5) is 0 Å². The number of carbonyl (C=O) groups is 1. The molecule has 3 aromatic carbocycles. The Kier molecular flexibility index (Phi) is 6.83. The lowest BCUT2D eigenvalue weighted by Gasteiger charge is -2.30. The highest BCUT2D eigenvalue weighted by atomic mass is 16.5.